The number of hydrogen-bond acceptors (Lipinski definition) is 6. The summed E-state index contributed by atoms with van der Waals surface area (Å²) in [5, 5.41) is 14.5. The van der Waals surface area contributed by atoms with E-state index in [-0.39, 0.29) is 24.7 Å². The number of rotatable bonds is 7. The first-order valence-corrected chi connectivity index (χ1v) is 7.98. The van der Waals surface area contributed by atoms with Gasteiger partial charge in [-0.1, -0.05) is 24.3 Å². The Morgan fingerprint density at radius 2 is 1.91 bits per heavy atom. The van der Waals surface area contributed by atoms with Crippen LogP contribution in [0.3, 0.4) is 0 Å². The van der Waals surface area contributed by atoms with Gasteiger partial charge in [-0.05, 0) is 18.6 Å². The van der Waals surface area contributed by atoms with Crippen LogP contribution < -0.4 is 15.4 Å². The lowest BCUT2D eigenvalue weighted by molar-refractivity contribution is -0.121. The van der Waals surface area contributed by atoms with Gasteiger partial charge in [0.25, 0.3) is 0 Å². The van der Waals surface area contributed by atoms with E-state index in [1.165, 1.54) is 11.3 Å². The molecule has 0 unspecified atom stereocenters. The van der Waals surface area contributed by atoms with Crippen molar-refractivity contribution in [2.75, 3.05) is 17.7 Å². The third-order valence-electron chi connectivity index (χ3n) is 2.95. The molecule has 2 amide bonds. The highest BCUT2D eigenvalue weighted by atomic mass is 32.1. The van der Waals surface area contributed by atoms with Crippen LogP contribution in [0.5, 0.6) is 5.75 Å². The lowest BCUT2D eigenvalue weighted by Gasteiger charge is -2.06. The zero-order valence-electron chi connectivity index (χ0n) is 13.0. The molecule has 0 fully saturated rings. The van der Waals surface area contributed by atoms with Gasteiger partial charge in [0.05, 0.1) is 7.11 Å². The number of amides is 2. The fourth-order valence-electron chi connectivity index (χ4n) is 1.78. The second-order valence-corrected chi connectivity index (χ2v) is 5.74. The van der Waals surface area contributed by atoms with Gasteiger partial charge in [0, 0.05) is 24.6 Å². The normalized spacial score (nSPS) is 10.2. The molecule has 2 aromatic rings. The lowest BCUT2D eigenvalue weighted by atomic mass is 10.2. The minimum absolute atomic E-state index is 0.0802. The van der Waals surface area contributed by atoms with Gasteiger partial charge in [-0.2, -0.15) is 0 Å². The number of aromatic nitrogens is 2. The summed E-state index contributed by atoms with van der Waals surface area (Å²) < 4.78 is 5.09. The Morgan fingerprint density at radius 1 is 1.17 bits per heavy atom. The number of hydrogen-bond donors (Lipinski definition) is 2. The molecule has 0 spiro atoms. The first kappa shape index (κ1) is 16.9. The predicted molar refractivity (Wildman–Crippen MR) is 88.8 cm³/mol. The van der Waals surface area contributed by atoms with Crippen LogP contribution in [0.4, 0.5) is 10.8 Å². The maximum atomic E-state index is 11.9. The van der Waals surface area contributed by atoms with E-state index < -0.39 is 0 Å². The number of carbonyl (C=O) groups is 2. The Morgan fingerprint density at radius 3 is 2.57 bits per heavy atom. The molecule has 0 saturated carbocycles. The summed E-state index contributed by atoms with van der Waals surface area (Å²) in [6.45, 7) is 1.97. The van der Waals surface area contributed by atoms with Crippen LogP contribution in [0.1, 0.15) is 24.8 Å². The topological polar surface area (TPSA) is 93.2 Å². The molecule has 7 nitrogen and oxygen atoms in total. The van der Waals surface area contributed by atoms with Gasteiger partial charge in [-0.3, -0.25) is 9.59 Å². The van der Waals surface area contributed by atoms with Crippen LogP contribution >= 0.6 is 11.3 Å². The standard InChI is InChI=1S/C15H18N4O3S/c1-3-14-18-19-15(23-14)17-13(21)8-7-12(20)16-10-5-4-6-11(9-10)22-2/h4-6,9H,3,7-8H2,1-2H3,(H,16,20)(H,17,19,21). The molecule has 0 aliphatic heterocycles. The largest absolute Gasteiger partial charge is 0.497 e. The fourth-order valence-corrected chi connectivity index (χ4v) is 2.48. The van der Waals surface area contributed by atoms with E-state index in [1.54, 1.807) is 31.4 Å². The molecule has 0 aliphatic rings. The predicted octanol–water partition coefficient (Wildman–Crippen LogP) is 2.47. The summed E-state index contributed by atoms with van der Waals surface area (Å²) in [5.74, 6) is 0.160. The van der Waals surface area contributed by atoms with E-state index in [0.29, 0.717) is 16.6 Å². The minimum atomic E-state index is -0.260. The van der Waals surface area contributed by atoms with E-state index >= 15 is 0 Å². The smallest absolute Gasteiger partial charge is 0.226 e. The van der Waals surface area contributed by atoms with Crippen molar-refractivity contribution in [3.05, 3.63) is 29.3 Å². The van der Waals surface area contributed by atoms with E-state index in [0.717, 1.165) is 11.4 Å². The summed E-state index contributed by atoms with van der Waals surface area (Å²) in [6.07, 6.45) is 0.940. The molecule has 8 heteroatoms. The maximum absolute atomic E-state index is 11.9. The van der Waals surface area contributed by atoms with Crippen molar-refractivity contribution in [2.45, 2.75) is 26.2 Å². The number of nitrogens with zero attached hydrogens (tertiary/aromatic N) is 2. The average Bonchev–Trinajstić information content (AvgIpc) is 3.00. The Kier molecular flexibility index (Phi) is 6.04. The summed E-state index contributed by atoms with van der Waals surface area (Å²) in [4.78, 5) is 23.7. The van der Waals surface area contributed by atoms with E-state index in [9.17, 15) is 9.59 Å². The van der Waals surface area contributed by atoms with Crippen LogP contribution in [-0.4, -0.2) is 29.1 Å². The average molecular weight is 334 g/mol. The van der Waals surface area contributed by atoms with Crippen LogP contribution in [0.15, 0.2) is 24.3 Å². The molecule has 1 aromatic carbocycles. The molecule has 0 radical (unpaired) electrons. The highest BCUT2D eigenvalue weighted by molar-refractivity contribution is 7.15. The highest BCUT2D eigenvalue weighted by Gasteiger charge is 2.10. The van der Waals surface area contributed by atoms with Gasteiger partial charge in [-0.25, -0.2) is 0 Å². The first-order chi connectivity index (χ1) is 11.1. The maximum Gasteiger partial charge on any atom is 0.226 e. The third-order valence-corrected chi connectivity index (χ3v) is 3.93. The fraction of sp³-hybridized carbons (Fsp3) is 0.333. The number of nitrogens with one attached hydrogen (secondary N) is 2. The van der Waals surface area contributed by atoms with Crippen LogP contribution in [0.2, 0.25) is 0 Å². The number of anilines is 2. The number of benzene rings is 1. The molecule has 2 rings (SSSR count). The molecular weight excluding hydrogens is 316 g/mol. The number of methoxy groups -OCH3 is 1. The Bertz CT molecular complexity index is 687. The van der Waals surface area contributed by atoms with Gasteiger partial charge < -0.3 is 15.4 Å². The minimum Gasteiger partial charge on any atom is -0.497 e. The summed E-state index contributed by atoms with van der Waals surface area (Å²) in [5.41, 5.74) is 0.631. The van der Waals surface area contributed by atoms with Gasteiger partial charge >= 0.3 is 0 Å². The second kappa shape index (κ2) is 8.23. The van der Waals surface area contributed by atoms with Crippen molar-refractivity contribution in [3.63, 3.8) is 0 Å². The van der Waals surface area contributed by atoms with Crippen LogP contribution in [-0.2, 0) is 16.0 Å². The van der Waals surface area contributed by atoms with Crippen LogP contribution in [0.25, 0.3) is 0 Å². The molecule has 0 saturated heterocycles. The number of carbonyl (C=O) groups excluding carboxylic acids is 2. The number of ether oxygens (including phenoxy) is 1. The van der Waals surface area contributed by atoms with E-state index in [4.69, 9.17) is 4.74 Å². The molecule has 0 aliphatic carbocycles. The van der Waals surface area contributed by atoms with Gasteiger partial charge in [-0.15, -0.1) is 10.2 Å². The first-order valence-electron chi connectivity index (χ1n) is 7.17. The van der Waals surface area contributed by atoms with Crippen molar-refractivity contribution in [2.24, 2.45) is 0 Å². The lowest BCUT2D eigenvalue weighted by Crippen LogP contribution is -2.17. The molecule has 1 heterocycles. The second-order valence-electron chi connectivity index (χ2n) is 4.68. The van der Waals surface area contributed by atoms with Gasteiger partial charge in [0.1, 0.15) is 10.8 Å². The van der Waals surface area contributed by atoms with Crippen molar-refractivity contribution >= 4 is 34.0 Å². The van der Waals surface area contributed by atoms with Crippen molar-refractivity contribution < 1.29 is 14.3 Å². The van der Waals surface area contributed by atoms with Gasteiger partial charge in [0.2, 0.25) is 16.9 Å². The molecule has 0 bridgehead atoms. The molecular formula is C15H18N4O3S. The summed E-state index contributed by atoms with van der Waals surface area (Å²) in [6, 6.07) is 7.04. The zero-order chi connectivity index (χ0) is 16.7. The Balaban J connectivity index is 1.78. The van der Waals surface area contributed by atoms with Crippen molar-refractivity contribution in [1.82, 2.24) is 10.2 Å². The van der Waals surface area contributed by atoms with E-state index in [1.807, 2.05) is 6.92 Å². The molecule has 2 N–H and O–H groups in total. The molecule has 23 heavy (non-hydrogen) atoms. The van der Waals surface area contributed by atoms with Crippen molar-refractivity contribution in [3.8, 4) is 5.75 Å². The molecule has 0 atom stereocenters. The summed E-state index contributed by atoms with van der Waals surface area (Å²) >= 11 is 1.33. The van der Waals surface area contributed by atoms with Crippen LogP contribution in [0, 0.1) is 0 Å². The van der Waals surface area contributed by atoms with Gasteiger partial charge in [0.15, 0.2) is 0 Å². The molecule has 122 valence electrons. The molecule has 1 aromatic heterocycles. The Hall–Kier alpha value is -2.48. The zero-order valence-corrected chi connectivity index (χ0v) is 13.8. The van der Waals surface area contributed by atoms with E-state index in [2.05, 4.69) is 20.8 Å². The Labute approximate surface area is 138 Å². The monoisotopic (exact) mass is 334 g/mol. The SMILES string of the molecule is CCc1nnc(NC(=O)CCC(=O)Nc2cccc(OC)c2)s1. The summed E-state index contributed by atoms with van der Waals surface area (Å²) in [7, 11) is 1.56. The third kappa shape index (κ3) is 5.33. The highest BCUT2D eigenvalue weighted by Crippen LogP contribution is 2.17. The van der Waals surface area contributed by atoms with Crippen molar-refractivity contribution in [1.29, 1.82) is 0 Å². The number of aryl methyl sites for hydroxylation is 1. The quantitative estimate of drug-likeness (QED) is 0.811.